The number of hydrogen-bond donors (Lipinski definition) is 1. The molecule has 4 nitrogen and oxygen atoms in total. The molecule has 0 aliphatic heterocycles. The number of carbonyl (C=O) groups is 1. The zero-order valence-electron chi connectivity index (χ0n) is 19.0. The first-order chi connectivity index (χ1) is 15.6. The van der Waals surface area contributed by atoms with Crippen LogP contribution in [0.2, 0.25) is 0 Å². The van der Waals surface area contributed by atoms with E-state index in [9.17, 15) is 4.79 Å². The largest absolute Gasteiger partial charge is 0.352 e. The van der Waals surface area contributed by atoms with Crippen molar-refractivity contribution in [2.45, 2.75) is 46.1 Å². The Hall–Kier alpha value is -3.40. The Kier molecular flexibility index (Phi) is 7.00. The van der Waals surface area contributed by atoms with Gasteiger partial charge in [0.1, 0.15) is 5.82 Å². The zero-order chi connectivity index (χ0) is 22.3. The summed E-state index contributed by atoms with van der Waals surface area (Å²) in [5, 5.41) is 3.04. The molecular weight excluding hydrogens is 394 g/mol. The van der Waals surface area contributed by atoms with E-state index < -0.39 is 0 Å². The number of fused-ring (bicyclic) bond motifs is 1. The number of aromatic nitrogens is 2. The maximum Gasteiger partial charge on any atom is 0.251 e. The Morgan fingerprint density at radius 1 is 0.875 bits per heavy atom. The van der Waals surface area contributed by atoms with Crippen molar-refractivity contribution in [2.75, 3.05) is 6.54 Å². The second kappa shape index (κ2) is 10.3. The first kappa shape index (κ1) is 21.8. The van der Waals surface area contributed by atoms with Crippen LogP contribution in [-0.2, 0) is 13.0 Å². The number of para-hydroxylation sites is 2. The van der Waals surface area contributed by atoms with Crippen molar-refractivity contribution in [3.8, 4) is 0 Å². The predicted molar refractivity (Wildman–Crippen MR) is 131 cm³/mol. The molecule has 4 aromatic rings. The highest BCUT2D eigenvalue weighted by atomic mass is 16.1. The summed E-state index contributed by atoms with van der Waals surface area (Å²) in [6, 6.07) is 24.8. The van der Waals surface area contributed by atoms with Crippen LogP contribution >= 0.6 is 0 Å². The number of hydrogen-bond acceptors (Lipinski definition) is 2. The number of amides is 1. The third-order valence-corrected chi connectivity index (χ3v) is 5.84. The second-order valence-corrected chi connectivity index (χ2v) is 8.52. The van der Waals surface area contributed by atoms with E-state index in [0.717, 1.165) is 54.7 Å². The lowest BCUT2D eigenvalue weighted by Crippen LogP contribution is -2.24. The molecule has 0 aliphatic rings. The van der Waals surface area contributed by atoms with Crippen molar-refractivity contribution < 1.29 is 4.79 Å². The summed E-state index contributed by atoms with van der Waals surface area (Å²) < 4.78 is 2.35. The molecule has 0 saturated heterocycles. The van der Waals surface area contributed by atoms with Crippen molar-refractivity contribution >= 4 is 16.9 Å². The number of nitrogens with one attached hydrogen (secondary N) is 1. The van der Waals surface area contributed by atoms with Gasteiger partial charge in [-0.1, -0.05) is 66.1 Å². The van der Waals surface area contributed by atoms with E-state index in [1.165, 1.54) is 16.6 Å². The summed E-state index contributed by atoms with van der Waals surface area (Å²) in [5.74, 6) is 1.14. The molecule has 0 atom stereocenters. The molecule has 4 rings (SSSR count). The van der Waals surface area contributed by atoms with Crippen molar-refractivity contribution in [3.63, 3.8) is 0 Å². The van der Waals surface area contributed by atoms with Gasteiger partial charge in [-0.05, 0) is 56.5 Å². The number of rotatable bonds is 9. The molecule has 0 aliphatic carbocycles. The van der Waals surface area contributed by atoms with Crippen LogP contribution in [0, 0.1) is 13.8 Å². The molecule has 0 unspecified atom stereocenters. The molecular formula is C28H31N3O. The van der Waals surface area contributed by atoms with Crippen LogP contribution in [-0.4, -0.2) is 22.0 Å². The average molecular weight is 426 g/mol. The van der Waals surface area contributed by atoms with Gasteiger partial charge in [0.15, 0.2) is 0 Å². The topological polar surface area (TPSA) is 46.9 Å². The minimum atomic E-state index is 0.00795. The van der Waals surface area contributed by atoms with Gasteiger partial charge in [0.05, 0.1) is 11.0 Å². The molecule has 1 heterocycles. The molecule has 0 bridgehead atoms. The average Bonchev–Trinajstić information content (AvgIpc) is 3.14. The zero-order valence-corrected chi connectivity index (χ0v) is 19.0. The van der Waals surface area contributed by atoms with Gasteiger partial charge in [-0.3, -0.25) is 4.79 Å². The molecule has 0 saturated carbocycles. The van der Waals surface area contributed by atoms with Crippen LogP contribution in [0.25, 0.3) is 11.0 Å². The Bertz CT molecular complexity index is 1190. The molecule has 0 spiro atoms. The van der Waals surface area contributed by atoms with Crippen molar-refractivity contribution in [3.05, 3.63) is 101 Å². The minimum absolute atomic E-state index is 0.00795. The lowest BCUT2D eigenvalue weighted by molar-refractivity contribution is 0.0953. The normalized spacial score (nSPS) is 11.1. The molecule has 0 radical (unpaired) electrons. The molecule has 1 amide bonds. The molecule has 4 heteroatoms. The minimum Gasteiger partial charge on any atom is -0.352 e. The highest BCUT2D eigenvalue weighted by Gasteiger charge is 2.11. The van der Waals surface area contributed by atoms with Gasteiger partial charge >= 0.3 is 0 Å². The van der Waals surface area contributed by atoms with Crippen molar-refractivity contribution in [1.82, 2.24) is 14.9 Å². The third-order valence-electron chi connectivity index (χ3n) is 5.84. The summed E-state index contributed by atoms with van der Waals surface area (Å²) >= 11 is 0. The first-order valence-electron chi connectivity index (χ1n) is 11.4. The molecule has 1 aromatic heterocycles. The third kappa shape index (κ3) is 5.44. The maximum atomic E-state index is 12.3. The lowest BCUT2D eigenvalue weighted by Gasteiger charge is -2.10. The maximum absolute atomic E-state index is 12.3. The highest BCUT2D eigenvalue weighted by molar-refractivity contribution is 5.94. The van der Waals surface area contributed by atoms with Crippen LogP contribution in [0.4, 0.5) is 0 Å². The van der Waals surface area contributed by atoms with Gasteiger partial charge in [0.25, 0.3) is 5.91 Å². The molecule has 164 valence electrons. The number of imidazole rings is 1. The van der Waals surface area contributed by atoms with Gasteiger partial charge in [-0.2, -0.15) is 0 Å². The van der Waals surface area contributed by atoms with E-state index in [1.807, 2.05) is 37.3 Å². The molecule has 3 aromatic carbocycles. The Balaban J connectivity index is 1.32. The van der Waals surface area contributed by atoms with Crippen LogP contribution in [0.5, 0.6) is 0 Å². The van der Waals surface area contributed by atoms with Crippen LogP contribution < -0.4 is 5.32 Å². The summed E-state index contributed by atoms with van der Waals surface area (Å²) in [7, 11) is 0. The predicted octanol–water partition coefficient (Wildman–Crippen LogP) is 5.84. The number of carbonyl (C=O) groups excluding carboxylic acids is 1. The van der Waals surface area contributed by atoms with E-state index in [4.69, 9.17) is 4.98 Å². The van der Waals surface area contributed by atoms with Crippen LogP contribution in [0.15, 0.2) is 72.8 Å². The van der Waals surface area contributed by atoms with Gasteiger partial charge in [-0.15, -0.1) is 0 Å². The van der Waals surface area contributed by atoms with Crippen LogP contribution in [0.3, 0.4) is 0 Å². The number of benzene rings is 3. The van der Waals surface area contributed by atoms with E-state index in [1.54, 1.807) is 0 Å². The quantitative estimate of drug-likeness (QED) is 0.342. The van der Waals surface area contributed by atoms with E-state index in [0.29, 0.717) is 6.54 Å². The summed E-state index contributed by atoms with van der Waals surface area (Å²) in [6.07, 6.45) is 4.02. The van der Waals surface area contributed by atoms with Crippen LogP contribution in [0.1, 0.15) is 52.1 Å². The van der Waals surface area contributed by atoms with Crippen molar-refractivity contribution in [1.29, 1.82) is 0 Å². The number of nitrogens with zero attached hydrogens (tertiary/aromatic N) is 2. The summed E-state index contributed by atoms with van der Waals surface area (Å²) in [5.41, 5.74) is 6.65. The SMILES string of the molecule is Cc1ccc(Cn2c(CCCCCNC(=O)c3cccc(C)c3)nc3ccccc32)cc1. The van der Waals surface area contributed by atoms with Crippen molar-refractivity contribution in [2.24, 2.45) is 0 Å². The smallest absolute Gasteiger partial charge is 0.251 e. The van der Waals surface area contributed by atoms with Gasteiger partial charge in [-0.25, -0.2) is 4.98 Å². The molecule has 1 N–H and O–H groups in total. The van der Waals surface area contributed by atoms with Gasteiger partial charge in [0, 0.05) is 25.1 Å². The highest BCUT2D eigenvalue weighted by Crippen LogP contribution is 2.20. The summed E-state index contributed by atoms with van der Waals surface area (Å²) in [4.78, 5) is 17.2. The van der Waals surface area contributed by atoms with E-state index >= 15 is 0 Å². The number of unbranched alkanes of at least 4 members (excludes halogenated alkanes) is 2. The summed E-state index contributed by atoms with van der Waals surface area (Å²) in [6.45, 7) is 5.66. The van der Waals surface area contributed by atoms with E-state index in [-0.39, 0.29) is 5.91 Å². The second-order valence-electron chi connectivity index (χ2n) is 8.52. The lowest BCUT2D eigenvalue weighted by atomic mass is 10.1. The van der Waals surface area contributed by atoms with Gasteiger partial charge in [0.2, 0.25) is 0 Å². The Morgan fingerprint density at radius 2 is 1.69 bits per heavy atom. The number of aryl methyl sites for hydroxylation is 3. The molecule has 0 fully saturated rings. The van der Waals surface area contributed by atoms with E-state index in [2.05, 4.69) is 59.3 Å². The standard InChI is InChI=1S/C28H31N3O/c1-21-14-16-23(17-15-21)20-31-26-12-6-5-11-25(26)30-27(31)13-4-3-7-18-29-28(32)24-10-8-9-22(2)19-24/h5-6,8-12,14-17,19H,3-4,7,13,18,20H2,1-2H3,(H,29,32). The Morgan fingerprint density at radius 3 is 2.50 bits per heavy atom. The monoisotopic (exact) mass is 425 g/mol. The van der Waals surface area contributed by atoms with Gasteiger partial charge < -0.3 is 9.88 Å². The fraction of sp³-hybridized carbons (Fsp3) is 0.286. The molecule has 32 heavy (non-hydrogen) atoms. The first-order valence-corrected chi connectivity index (χ1v) is 11.4. The Labute approximate surface area is 190 Å². The fourth-order valence-corrected chi connectivity index (χ4v) is 4.04. The fourth-order valence-electron chi connectivity index (χ4n) is 4.04.